The molecule has 1 fully saturated rings. The van der Waals surface area contributed by atoms with E-state index < -0.39 is 5.60 Å². The summed E-state index contributed by atoms with van der Waals surface area (Å²) in [7, 11) is 3.26. The van der Waals surface area contributed by atoms with Crippen LogP contribution in [0.3, 0.4) is 0 Å². The average molecular weight is 294 g/mol. The zero-order valence-electron chi connectivity index (χ0n) is 13.0. The minimum atomic E-state index is -0.434. The van der Waals surface area contributed by atoms with E-state index >= 15 is 0 Å². The Bertz CT molecular complexity index is 579. The average Bonchev–Trinajstić information content (AvgIpc) is 2.39. The summed E-state index contributed by atoms with van der Waals surface area (Å²) in [5, 5.41) is 0. The lowest BCUT2D eigenvalue weighted by molar-refractivity contribution is -0.143. The van der Waals surface area contributed by atoms with Crippen LogP contribution in [0.25, 0.3) is 0 Å². The summed E-state index contributed by atoms with van der Waals surface area (Å²) in [4.78, 5) is 26.0. The van der Waals surface area contributed by atoms with Gasteiger partial charge in [0.2, 0.25) is 0 Å². The highest BCUT2D eigenvalue weighted by molar-refractivity contribution is 5.94. The Labute approximate surface area is 124 Å². The van der Waals surface area contributed by atoms with Crippen LogP contribution in [0.15, 0.2) is 23.1 Å². The van der Waals surface area contributed by atoms with Crippen molar-refractivity contribution in [3.8, 4) is 0 Å². The number of nitrogens with zero attached hydrogens (tertiary/aromatic N) is 2. The molecule has 21 heavy (non-hydrogen) atoms. The predicted molar refractivity (Wildman–Crippen MR) is 78.4 cm³/mol. The highest BCUT2D eigenvalue weighted by Crippen LogP contribution is 2.22. The van der Waals surface area contributed by atoms with Crippen molar-refractivity contribution in [2.75, 3.05) is 26.8 Å². The minimum absolute atomic E-state index is 0.148. The van der Waals surface area contributed by atoms with E-state index in [2.05, 4.69) is 0 Å². The maximum Gasteiger partial charge on any atom is 0.254 e. The highest BCUT2D eigenvalue weighted by Gasteiger charge is 2.35. The van der Waals surface area contributed by atoms with Gasteiger partial charge in [-0.2, -0.15) is 0 Å². The van der Waals surface area contributed by atoms with Gasteiger partial charge in [0.05, 0.1) is 18.3 Å². The van der Waals surface area contributed by atoms with Gasteiger partial charge in [-0.15, -0.1) is 0 Å². The van der Waals surface area contributed by atoms with Gasteiger partial charge in [0.1, 0.15) is 0 Å². The Morgan fingerprint density at radius 2 is 2.24 bits per heavy atom. The van der Waals surface area contributed by atoms with Crippen molar-refractivity contribution < 1.29 is 14.3 Å². The lowest BCUT2D eigenvalue weighted by Gasteiger charge is -2.42. The maximum atomic E-state index is 12.6. The molecule has 0 aromatic carbocycles. The molecule has 0 spiro atoms. The van der Waals surface area contributed by atoms with Crippen molar-refractivity contribution in [2.24, 2.45) is 7.05 Å². The number of amides is 1. The van der Waals surface area contributed by atoms with Crippen LogP contribution < -0.4 is 5.56 Å². The first kappa shape index (κ1) is 15.7. The SMILES string of the molecule is COC[C@@H]1CN(C(=O)c2ccn(C)c(=O)c2)CC(C)(C)O1. The molecule has 1 atom stereocenters. The Morgan fingerprint density at radius 1 is 1.52 bits per heavy atom. The summed E-state index contributed by atoms with van der Waals surface area (Å²) in [6.07, 6.45) is 1.45. The standard InChI is InChI=1S/C15H22N2O4/c1-15(2)10-17(8-12(21-15)9-20-4)14(19)11-5-6-16(3)13(18)7-11/h5-7,12H,8-10H2,1-4H3/t12-/m0/s1. The number of aromatic nitrogens is 1. The summed E-state index contributed by atoms with van der Waals surface area (Å²) in [6, 6.07) is 3.04. The molecule has 116 valence electrons. The van der Waals surface area contributed by atoms with Crippen molar-refractivity contribution in [2.45, 2.75) is 25.6 Å². The summed E-state index contributed by atoms with van der Waals surface area (Å²) in [5.74, 6) is -0.148. The number of aryl methyl sites for hydroxylation is 1. The quantitative estimate of drug-likeness (QED) is 0.821. The minimum Gasteiger partial charge on any atom is -0.382 e. The molecule has 0 bridgehead atoms. The van der Waals surface area contributed by atoms with Crippen LogP contribution in [0.1, 0.15) is 24.2 Å². The summed E-state index contributed by atoms with van der Waals surface area (Å²) >= 11 is 0. The number of hydrogen-bond acceptors (Lipinski definition) is 4. The van der Waals surface area contributed by atoms with Gasteiger partial charge in [-0.1, -0.05) is 0 Å². The summed E-state index contributed by atoms with van der Waals surface area (Å²) in [5.41, 5.74) is -0.217. The van der Waals surface area contributed by atoms with E-state index in [1.165, 1.54) is 10.6 Å². The second-order valence-corrected chi connectivity index (χ2v) is 6.01. The van der Waals surface area contributed by atoms with Gasteiger partial charge >= 0.3 is 0 Å². The second kappa shape index (κ2) is 5.99. The van der Waals surface area contributed by atoms with Gasteiger partial charge in [-0.05, 0) is 19.9 Å². The third-order valence-corrected chi connectivity index (χ3v) is 3.47. The van der Waals surface area contributed by atoms with Gasteiger partial charge in [0.25, 0.3) is 11.5 Å². The predicted octanol–water partition coefficient (Wildman–Crippen LogP) is 0.651. The number of carbonyl (C=O) groups excluding carboxylic acids is 1. The fourth-order valence-electron chi connectivity index (χ4n) is 2.59. The number of morpholine rings is 1. The van der Waals surface area contributed by atoms with Crippen LogP contribution in [0.2, 0.25) is 0 Å². The number of hydrogen-bond donors (Lipinski definition) is 0. The zero-order chi connectivity index (χ0) is 15.6. The molecule has 1 aliphatic rings. The molecule has 6 nitrogen and oxygen atoms in total. The van der Waals surface area contributed by atoms with E-state index in [1.54, 1.807) is 31.3 Å². The second-order valence-electron chi connectivity index (χ2n) is 6.01. The van der Waals surface area contributed by atoms with Crippen LogP contribution in [0, 0.1) is 0 Å². The molecule has 1 aromatic heterocycles. The molecule has 1 aromatic rings. The lowest BCUT2D eigenvalue weighted by atomic mass is 10.0. The van der Waals surface area contributed by atoms with Crippen molar-refractivity contribution in [3.05, 3.63) is 34.2 Å². The van der Waals surface area contributed by atoms with Crippen molar-refractivity contribution in [1.29, 1.82) is 0 Å². The topological polar surface area (TPSA) is 60.8 Å². The zero-order valence-corrected chi connectivity index (χ0v) is 13.0. The number of pyridine rings is 1. The Hall–Kier alpha value is -1.66. The van der Waals surface area contributed by atoms with Crippen LogP contribution in [0.5, 0.6) is 0 Å². The van der Waals surface area contributed by atoms with Gasteiger partial charge in [0.15, 0.2) is 0 Å². The molecular formula is C15H22N2O4. The normalized spacial score (nSPS) is 21.3. The maximum absolute atomic E-state index is 12.6. The fraction of sp³-hybridized carbons (Fsp3) is 0.600. The highest BCUT2D eigenvalue weighted by atomic mass is 16.5. The molecular weight excluding hydrogens is 272 g/mol. The molecule has 1 amide bonds. The molecule has 2 rings (SSSR count). The number of rotatable bonds is 3. The van der Waals surface area contributed by atoms with Gasteiger partial charge < -0.3 is 18.9 Å². The first-order chi connectivity index (χ1) is 9.82. The van der Waals surface area contributed by atoms with Crippen molar-refractivity contribution >= 4 is 5.91 Å². The van der Waals surface area contributed by atoms with Gasteiger partial charge in [-0.25, -0.2) is 0 Å². The molecule has 0 unspecified atom stereocenters. The monoisotopic (exact) mass is 294 g/mol. The number of methoxy groups -OCH3 is 1. The molecule has 0 aliphatic carbocycles. The molecule has 0 radical (unpaired) electrons. The van der Waals surface area contributed by atoms with Crippen LogP contribution in [-0.2, 0) is 16.5 Å². The third kappa shape index (κ3) is 3.71. The smallest absolute Gasteiger partial charge is 0.254 e. The molecule has 0 saturated carbocycles. The summed E-state index contributed by atoms with van der Waals surface area (Å²) in [6.45, 7) is 5.27. The van der Waals surface area contributed by atoms with E-state index in [0.717, 1.165) is 0 Å². The van der Waals surface area contributed by atoms with E-state index in [-0.39, 0.29) is 17.6 Å². The molecule has 6 heteroatoms. The molecule has 2 heterocycles. The van der Waals surface area contributed by atoms with E-state index in [4.69, 9.17) is 9.47 Å². The molecule has 1 aliphatic heterocycles. The Kier molecular flexibility index (Phi) is 4.49. The number of carbonyl (C=O) groups is 1. The van der Waals surface area contributed by atoms with Gasteiger partial charge in [0, 0.05) is 45.1 Å². The first-order valence-corrected chi connectivity index (χ1v) is 6.95. The van der Waals surface area contributed by atoms with E-state index in [0.29, 0.717) is 25.3 Å². The first-order valence-electron chi connectivity index (χ1n) is 6.95. The van der Waals surface area contributed by atoms with Crippen LogP contribution in [0.4, 0.5) is 0 Å². The molecule has 1 saturated heterocycles. The van der Waals surface area contributed by atoms with Crippen LogP contribution >= 0.6 is 0 Å². The largest absolute Gasteiger partial charge is 0.382 e. The molecule has 0 N–H and O–H groups in total. The van der Waals surface area contributed by atoms with E-state index in [9.17, 15) is 9.59 Å². The fourth-order valence-corrected chi connectivity index (χ4v) is 2.59. The van der Waals surface area contributed by atoms with E-state index in [1.807, 2.05) is 13.8 Å². The Morgan fingerprint density at radius 3 is 2.86 bits per heavy atom. The lowest BCUT2D eigenvalue weighted by Crippen LogP contribution is -2.55. The van der Waals surface area contributed by atoms with Crippen molar-refractivity contribution in [1.82, 2.24) is 9.47 Å². The Balaban J connectivity index is 2.20. The van der Waals surface area contributed by atoms with Crippen LogP contribution in [-0.4, -0.2) is 53.9 Å². The summed E-state index contributed by atoms with van der Waals surface area (Å²) < 4.78 is 12.5. The third-order valence-electron chi connectivity index (χ3n) is 3.47. The van der Waals surface area contributed by atoms with Gasteiger partial charge in [-0.3, -0.25) is 9.59 Å². The van der Waals surface area contributed by atoms with Crippen molar-refractivity contribution in [3.63, 3.8) is 0 Å². The number of ether oxygens (including phenoxy) is 2.